The van der Waals surface area contributed by atoms with Gasteiger partial charge in [-0.1, -0.05) is 30.7 Å². The molecular weight excluding hydrogens is 308 g/mol. The molecule has 0 atom stereocenters. The Hall–Kier alpha value is -1.69. The first-order valence-electron chi connectivity index (χ1n) is 6.43. The third-order valence-corrected chi connectivity index (χ3v) is 4.64. The van der Waals surface area contributed by atoms with Gasteiger partial charge in [-0.2, -0.15) is 0 Å². The van der Waals surface area contributed by atoms with Crippen LogP contribution in [0.2, 0.25) is 5.02 Å². The van der Waals surface area contributed by atoms with Crippen LogP contribution in [0, 0.1) is 0 Å². The zero-order valence-electron chi connectivity index (χ0n) is 11.7. The van der Waals surface area contributed by atoms with Crippen molar-refractivity contribution in [2.24, 2.45) is 5.84 Å². The molecule has 0 bridgehead atoms. The summed E-state index contributed by atoms with van der Waals surface area (Å²) in [5.41, 5.74) is 0.806. The summed E-state index contributed by atoms with van der Waals surface area (Å²) in [6, 6.07) is 8.60. The Morgan fingerprint density at radius 2 is 1.95 bits per heavy atom. The molecule has 0 aliphatic carbocycles. The normalized spacial score (nSPS) is 10.5. The Kier molecular flexibility index (Phi) is 4.77. The average molecular weight is 323 g/mol. The van der Waals surface area contributed by atoms with Crippen molar-refractivity contribution in [3.8, 4) is 0 Å². The topological polar surface area (TPSA) is 63.4 Å². The Morgan fingerprint density at radius 1 is 1.29 bits per heavy atom. The molecule has 1 aromatic carbocycles. The van der Waals surface area contributed by atoms with Crippen molar-refractivity contribution in [1.82, 2.24) is 0 Å². The van der Waals surface area contributed by atoms with Crippen molar-refractivity contribution in [3.63, 3.8) is 0 Å². The molecule has 1 heterocycles. The van der Waals surface area contributed by atoms with E-state index in [0.29, 0.717) is 21.2 Å². The number of hydrogen-bond acceptors (Lipinski definition) is 4. The zero-order valence-corrected chi connectivity index (χ0v) is 13.3. The van der Waals surface area contributed by atoms with E-state index < -0.39 is 0 Å². The van der Waals surface area contributed by atoms with Gasteiger partial charge in [-0.25, -0.2) is 10.9 Å². The molecule has 0 unspecified atom stereocenters. The van der Waals surface area contributed by atoms with Crippen LogP contribution >= 0.6 is 22.9 Å². The number of hydrazine groups is 1. The van der Waals surface area contributed by atoms with Crippen LogP contribution in [0.3, 0.4) is 0 Å². The van der Waals surface area contributed by atoms with E-state index in [1.807, 2.05) is 6.92 Å². The predicted molar refractivity (Wildman–Crippen MR) is 85.9 cm³/mol. The highest BCUT2D eigenvalue weighted by Crippen LogP contribution is 2.33. The van der Waals surface area contributed by atoms with Gasteiger partial charge in [-0.15, -0.1) is 11.3 Å². The number of hydrogen-bond donors (Lipinski definition) is 1. The minimum atomic E-state index is -0.326. The quantitative estimate of drug-likeness (QED) is 0.406. The van der Waals surface area contributed by atoms with Gasteiger partial charge in [-0.05, 0) is 24.6 Å². The summed E-state index contributed by atoms with van der Waals surface area (Å²) in [4.78, 5) is 25.1. The van der Waals surface area contributed by atoms with Gasteiger partial charge in [0.25, 0.3) is 0 Å². The highest BCUT2D eigenvalue weighted by molar-refractivity contribution is 7.16. The first-order chi connectivity index (χ1) is 9.95. The molecule has 0 fully saturated rings. The molecule has 0 spiro atoms. The molecule has 0 saturated heterocycles. The number of benzene rings is 1. The predicted octanol–water partition coefficient (Wildman–Crippen LogP) is 3.42. The van der Waals surface area contributed by atoms with E-state index in [-0.39, 0.29) is 11.7 Å². The minimum Gasteiger partial charge on any atom is -0.288 e. The second kappa shape index (κ2) is 6.39. The minimum absolute atomic E-state index is 0.233. The second-order valence-corrected chi connectivity index (χ2v) is 6.01. The number of ketones is 1. The number of anilines is 1. The van der Waals surface area contributed by atoms with Gasteiger partial charge in [0, 0.05) is 17.4 Å². The summed E-state index contributed by atoms with van der Waals surface area (Å²) in [5, 5.41) is 1.84. The molecular formula is C15H15ClN2O2S. The Labute approximate surface area is 132 Å². The van der Waals surface area contributed by atoms with Gasteiger partial charge < -0.3 is 0 Å². The van der Waals surface area contributed by atoms with Crippen molar-refractivity contribution in [2.45, 2.75) is 20.3 Å². The van der Waals surface area contributed by atoms with Crippen molar-refractivity contribution in [2.75, 3.05) is 5.01 Å². The average Bonchev–Trinajstić information content (AvgIpc) is 2.90. The summed E-state index contributed by atoms with van der Waals surface area (Å²) in [6.45, 7) is 3.34. The molecule has 2 N–H and O–H groups in total. The van der Waals surface area contributed by atoms with Gasteiger partial charge in [0.1, 0.15) is 5.00 Å². The van der Waals surface area contributed by atoms with E-state index in [1.165, 1.54) is 18.3 Å². The van der Waals surface area contributed by atoms with Crippen LogP contribution in [-0.2, 0) is 11.2 Å². The Bertz CT molecular complexity index is 697. The van der Waals surface area contributed by atoms with Crippen LogP contribution < -0.4 is 10.9 Å². The lowest BCUT2D eigenvalue weighted by atomic mass is 10.0. The summed E-state index contributed by atoms with van der Waals surface area (Å²) >= 11 is 7.42. The van der Waals surface area contributed by atoms with E-state index in [0.717, 1.165) is 16.3 Å². The van der Waals surface area contributed by atoms with Crippen LogP contribution in [0.5, 0.6) is 0 Å². The summed E-state index contributed by atoms with van der Waals surface area (Å²) < 4.78 is 0. The monoisotopic (exact) mass is 322 g/mol. The van der Waals surface area contributed by atoms with Gasteiger partial charge in [0.2, 0.25) is 5.91 Å². The second-order valence-electron chi connectivity index (χ2n) is 4.48. The number of carbonyl (C=O) groups is 2. The first kappa shape index (κ1) is 15.7. The molecule has 1 aromatic heterocycles. The van der Waals surface area contributed by atoms with Crippen LogP contribution in [0.4, 0.5) is 5.00 Å². The molecule has 0 radical (unpaired) electrons. The maximum atomic E-state index is 12.7. The van der Waals surface area contributed by atoms with E-state index in [9.17, 15) is 9.59 Å². The summed E-state index contributed by atoms with van der Waals surface area (Å²) in [5.74, 6) is 5.21. The fourth-order valence-corrected chi connectivity index (χ4v) is 3.16. The molecule has 2 rings (SSSR count). The van der Waals surface area contributed by atoms with Crippen LogP contribution in [0.1, 0.15) is 34.6 Å². The number of amides is 1. The lowest BCUT2D eigenvalue weighted by Gasteiger charge is -2.14. The number of aryl methyl sites for hydroxylation is 1. The molecule has 110 valence electrons. The van der Waals surface area contributed by atoms with E-state index in [2.05, 4.69) is 0 Å². The molecule has 21 heavy (non-hydrogen) atoms. The molecule has 0 aliphatic rings. The van der Waals surface area contributed by atoms with E-state index in [4.69, 9.17) is 17.4 Å². The van der Waals surface area contributed by atoms with Crippen LogP contribution in [0.15, 0.2) is 30.3 Å². The summed E-state index contributed by atoms with van der Waals surface area (Å²) in [6.07, 6.45) is 0.763. The molecule has 6 heteroatoms. The molecule has 4 nitrogen and oxygen atoms in total. The SMILES string of the molecule is CCc1cc(C(=O)c2ccccc2Cl)c(N(N)C(C)=O)s1. The van der Waals surface area contributed by atoms with E-state index in [1.54, 1.807) is 30.3 Å². The fourth-order valence-electron chi connectivity index (χ4n) is 1.88. The number of nitrogens with two attached hydrogens (primary N) is 1. The molecule has 0 aliphatic heterocycles. The fraction of sp³-hybridized carbons (Fsp3) is 0.200. The number of halogens is 1. The Morgan fingerprint density at radius 3 is 2.52 bits per heavy atom. The number of thiophene rings is 1. The Balaban J connectivity index is 2.53. The maximum Gasteiger partial charge on any atom is 0.238 e. The van der Waals surface area contributed by atoms with Gasteiger partial charge in [-0.3, -0.25) is 9.59 Å². The van der Waals surface area contributed by atoms with E-state index >= 15 is 0 Å². The molecule has 0 saturated carbocycles. The highest BCUT2D eigenvalue weighted by atomic mass is 35.5. The van der Waals surface area contributed by atoms with Gasteiger partial charge in [0.05, 0.1) is 10.6 Å². The molecule has 2 aromatic rings. The standard InChI is InChI=1S/C15H15ClN2O2S/c1-3-10-8-12(15(21-10)18(17)9(2)19)14(20)11-6-4-5-7-13(11)16/h4-8H,3,17H2,1-2H3. The maximum absolute atomic E-state index is 12.7. The lowest BCUT2D eigenvalue weighted by Crippen LogP contribution is -2.35. The third kappa shape index (κ3) is 3.15. The van der Waals surface area contributed by atoms with Crippen molar-refractivity contribution in [3.05, 3.63) is 51.4 Å². The summed E-state index contributed by atoms with van der Waals surface area (Å²) in [7, 11) is 0. The first-order valence-corrected chi connectivity index (χ1v) is 7.62. The smallest absolute Gasteiger partial charge is 0.238 e. The van der Waals surface area contributed by atoms with Crippen LogP contribution in [-0.4, -0.2) is 11.7 Å². The third-order valence-electron chi connectivity index (χ3n) is 3.03. The number of nitrogens with zero attached hydrogens (tertiary/aromatic N) is 1. The highest BCUT2D eigenvalue weighted by Gasteiger charge is 2.23. The zero-order chi connectivity index (χ0) is 15.6. The van der Waals surface area contributed by atoms with Crippen LogP contribution in [0.25, 0.3) is 0 Å². The van der Waals surface area contributed by atoms with Gasteiger partial charge in [0.15, 0.2) is 5.78 Å². The number of carbonyl (C=O) groups excluding carboxylic acids is 2. The van der Waals surface area contributed by atoms with Gasteiger partial charge >= 0.3 is 0 Å². The largest absolute Gasteiger partial charge is 0.288 e. The van der Waals surface area contributed by atoms with Crippen molar-refractivity contribution in [1.29, 1.82) is 0 Å². The lowest BCUT2D eigenvalue weighted by molar-refractivity contribution is -0.116. The van der Waals surface area contributed by atoms with Crippen molar-refractivity contribution < 1.29 is 9.59 Å². The number of rotatable bonds is 4. The molecule has 1 amide bonds. The van der Waals surface area contributed by atoms with Crippen molar-refractivity contribution >= 4 is 39.6 Å².